The molecule has 26 heavy (non-hydrogen) atoms. The second-order valence-corrected chi connectivity index (χ2v) is 7.00. The van der Waals surface area contributed by atoms with E-state index in [9.17, 15) is 4.39 Å². The number of halogens is 1. The molecule has 0 bridgehead atoms. The Morgan fingerprint density at radius 2 is 0.808 bits per heavy atom. The van der Waals surface area contributed by atoms with Gasteiger partial charge in [-0.05, 0) is 76.8 Å². The summed E-state index contributed by atoms with van der Waals surface area (Å²) >= 11 is 0. The van der Waals surface area contributed by atoms with Crippen LogP contribution in [0.2, 0.25) is 0 Å². The van der Waals surface area contributed by atoms with E-state index >= 15 is 0 Å². The first-order valence-corrected chi connectivity index (χ1v) is 8.99. The number of benzene rings is 3. The van der Waals surface area contributed by atoms with Gasteiger partial charge in [-0.25, -0.2) is 4.39 Å². The van der Waals surface area contributed by atoms with E-state index in [1.807, 2.05) is 13.0 Å². The van der Waals surface area contributed by atoms with Gasteiger partial charge in [0.25, 0.3) is 0 Å². The Hall–Kier alpha value is -2.41. The quantitative estimate of drug-likeness (QED) is 0.397. The smallest absolute Gasteiger partial charge is 0.126 e. The molecule has 0 atom stereocenters. The van der Waals surface area contributed by atoms with E-state index in [4.69, 9.17) is 0 Å². The molecule has 0 aliphatic heterocycles. The van der Waals surface area contributed by atoms with Crippen LogP contribution in [0.5, 0.6) is 0 Å². The van der Waals surface area contributed by atoms with Crippen LogP contribution in [0.4, 0.5) is 4.39 Å². The molecule has 0 saturated carbocycles. The first kappa shape index (κ1) is 21.6. The van der Waals surface area contributed by atoms with Crippen LogP contribution in [0.1, 0.15) is 38.9 Å². The van der Waals surface area contributed by atoms with Crippen LogP contribution in [0.3, 0.4) is 0 Å². The van der Waals surface area contributed by atoms with Gasteiger partial charge < -0.3 is 0 Å². The number of hydrogen-bond donors (Lipinski definition) is 0. The highest BCUT2D eigenvalue weighted by Gasteiger charge is 1.93. The minimum Gasteiger partial charge on any atom is -0.207 e. The molecule has 0 heterocycles. The standard InChI is InChI=1S/C9H12.C8H9F.C8H10/c1-7-4-5-8(2)9(3)6-7;1-6-3-4-7(2)8(9)5-6;1-7-3-5-8(2)6-4-7/h4-6H,1-3H3;3-5H,1-2H3;3-6H,1-2H3. The molecule has 0 nitrogen and oxygen atoms in total. The predicted molar refractivity (Wildman–Crippen MR) is 112 cm³/mol. The van der Waals surface area contributed by atoms with Crippen molar-refractivity contribution in [2.75, 3.05) is 0 Å². The highest BCUT2D eigenvalue weighted by atomic mass is 19.1. The van der Waals surface area contributed by atoms with Crippen LogP contribution in [-0.4, -0.2) is 0 Å². The molecule has 0 unspecified atom stereocenters. The summed E-state index contributed by atoms with van der Waals surface area (Å²) in [5.41, 5.74) is 8.44. The molecule has 0 radical (unpaired) electrons. The van der Waals surface area contributed by atoms with Crippen LogP contribution < -0.4 is 0 Å². The van der Waals surface area contributed by atoms with E-state index in [-0.39, 0.29) is 5.82 Å². The molecular weight excluding hydrogens is 319 g/mol. The van der Waals surface area contributed by atoms with Gasteiger partial charge in [0.1, 0.15) is 5.82 Å². The highest BCUT2D eigenvalue weighted by Crippen LogP contribution is 2.08. The maximum Gasteiger partial charge on any atom is 0.126 e. The first-order valence-electron chi connectivity index (χ1n) is 8.99. The van der Waals surface area contributed by atoms with Crippen molar-refractivity contribution in [3.8, 4) is 0 Å². The van der Waals surface area contributed by atoms with Crippen molar-refractivity contribution in [2.24, 2.45) is 0 Å². The third kappa shape index (κ3) is 8.11. The molecular formula is C25H31F. The molecule has 3 rings (SSSR count). The van der Waals surface area contributed by atoms with Crippen LogP contribution in [0.25, 0.3) is 0 Å². The Morgan fingerprint density at radius 3 is 1.15 bits per heavy atom. The summed E-state index contributed by atoms with van der Waals surface area (Å²) in [5.74, 6) is -0.116. The Kier molecular flexibility index (Phi) is 8.78. The van der Waals surface area contributed by atoms with Crippen LogP contribution in [0.15, 0.2) is 60.7 Å². The molecule has 138 valence electrons. The summed E-state index contributed by atoms with van der Waals surface area (Å²) in [6, 6.07) is 20.2. The lowest BCUT2D eigenvalue weighted by atomic mass is 10.1. The zero-order valence-electron chi connectivity index (χ0n) is 17.2. The average molecular weight is 351 g/mol. The van der Waals surface area contributed by atoms with Crippen molar-refractivity contribution in [3.63, 3.8) is 0 Å². The van der Waals surface area contributed by atoms with Gasteiger partial charge >= 0.3 is 0 Å². The number of rotatable bonds is 0. The fourth-order valence-electron chi connectivity index (χ4n) is 2.23. The van der Waals surface area contributed by atoms with E-state index in [1.54, 1.807) is 13.0 Å². The maximum absolute atomic E-state index is 12.6. The summed E-state index contributed by atoms with van der Waals surface area (Å²) in [7, 11) is 0. The van der Waals surface area contributed by atoms with Gasteiger partial charge in [-0.15, -0.1) is 0 Å². The van der Waals surface area contributed by atoms with Gasteiger partial charge in [0, 0.05) is 0 Å². The summed E-state index contributed by atoms with van der Waals surface area (Å²) in [5, 5.41) is 0. The molecule has 0 fully saturated rings. The van der Waals surface area contributed by atoms with E-state index in [0.29, 0.717) is 5.56 Å². The summed E-state index contributed by atoms with van der Waals surface area (Å²) in [6.07, 6.45) is 0. The van der Waals surface area contributed by atoms with Crippen molar-refractivity contribution < 1.29 is 4.39 Å². The van der Waals surface area contributed by atoms with Crippen molar-refractivity contribution in [2.45, 2.75) is 48.5 Å². The molecule has 0 amide bonds. The monoisotopic (exact) mass is 350 g/mol. The minimum atomic E-state index is -0.116. The molecule has 3 aromatic rings. The van der Waals surface area contributed by atoms with Crippen molar-refractivity contribution in [1.82, 2.24) is 0 Å². The van der Waals surface area contributed by atoms with Crippen LogP contribution in [0, 0.1) is 54.3 Å². The largest absolute Gasteiger partial charge is 0.207 e. The normalized spacial score (nSPS) is 9.54. The average Bonchev–Trinajstić information content (AvgIpc) is 2.59. The topological polar surface area (TPSA) is 0 Å². The van der Waals surface area contributed by atoms with Gasteiger partial charge in [0.15, 0.2) is 0 Å². The third-order valence-electron chi connectivity index (χ3n) is 4.21. The summed E-state index contributed by atoms with van der Waals surface area (Å²) in [4.78, 5) is 0. The minimum absolute atomic E-state index is 0.116. The molecule has 3 aromatic carbocycles. The molecule has 0 aliphatic carbocycles. The second kappa shape index (κ2) is 10.6. The van der Waals surface area contributed by atoms with Gasteiger partial charge in [0.2, 0.25) is 0 Å². The number of hydrogen-bond acceptors (Lipinski definition) is 0. The maximum atomic E-state index is 12.6. The summed E-state index contributed by atoms with van der Waals surface area (Å²) < 4.78 is 12.6. The summed E-state index contributed by atoms with van der Waals surface area (Å²) in [6.45, 7) is 14.2. The van der Waals surface area contributed by atoms with Gasteiger partial charge in [0.05, 0.1) is 0 Å². The van der Waals surface area contributed by atoms with Crippen molar-refractivity contribution in [3.05, 3.63) is 105 Å². The first-order chi connectivity index (χ1) is 12.2. The van der Waals surface area contributed by atoms with E-state index in [0.717, 1.165) is 5.56 Å². The third-order valence-corrected chi connectivity index (χ3v) is 4.21. The van der Waals surface area contributed by atoms with Crippen molar-refractivity contribution in [1.29, 1.82) is 0 Å². The zero-order valence-corrected chi connectivity index (χ0v) is 17.2. The van der Waals surface area contributed by atoms with Crippen LogP contribution >= 0.6 is 0 Å². The Labute approximate surface area is 158 Å². The fraction of sp³-hybridized carbons (Fsp3) is 0.280. The molecule has 0 spiro atoms. The molecule has 0 saturated heterocycles. The van der Waals surface area contributed by atoms with Crippen LogP contribution in [-0.2, 0) is 0 Å². The lowest BCUT2D eigenvalue weighted by molar-refractivity contribution is 0.617. The zero-order chi connectivity index (χ0) is 19.7. The SMILES string of the molecule is Cc1ccc(C)c(C)c1.Cc1ccc(C)c(F)c1.Cc1ccc(C)cc1. The number of aryl methyl sites for hydroxylation is 7. The van der Waals surface area contributed by atoms with Gasteiger partial charge in [-0.3, -0.25) is 0 Å². The molecule has 0 aromatic heterocycles. The highest BCUT2D eigenvalue weighted by molar-refractivity contribution is 5.28. The Bertz CT molecular complexity index is 744. The predicted octanol–water partition coefficient (Wildman–Crippen LogP) is 7.36. The fourth-order valence-corrected chi connectivity index (χ4v) is 2.23. The van der Waals surface area contributed by atoms with E-state index in [2.05, 4.69) is 77.1 Å². The van der Waals surface area contributed by atoms with Gasteiger partial charge in [-0.2, -0.15) is 0 Å². The molecule has 1 heteroatoms. The molecule has 0 aliphatic rings. The van der Waals surface area contributed by atoms with Crippen molar-refractivity contribution >= 4 is 0 Å². The lowest BCUT2D eigenvalue weighted by Crippen LogP contribution is -1.81. The Balaban J connectivity index is 0.000000195. The van der Waals surface area contributed by atoms with E-state index < -0.39 is 0 Å². The Morgan fingerprint density at radius 1 is 0.423 bits per heavy atom. The lowest BCUT2D eigenvalue weighted by Gasteiger charge is -1.98. The van der Waals surface area contributed by atoms with E-state index in [1.165, 1.54) is 33.9 Å². The van der Waals surface area contributed by atoms with Gasteiger partial charge in [-0.1, -0.05) is 71.3 Å². The second-order valence-electron chi connectivity index (χ2n) is 7.00. The molecule has 0 N–H and O–H groups in total.